The minimum atomic E-state index is -2.30. The zero-order chi connectivity index (χ0) is 27.0. The maximum atomic E-state index is 15.4. The lowest BCUT2D eigenvalue weighted by atomic mass is 9.61. The molecule has 12 heteroatoms. The fourth-order valence-electron chi connectivity index (χ4n) is 5.20. The van der Waals surface area contributed by atoms with Gasteiger partial charge < -0.3 is 14.9 Å². The molecule has 0 unspecified atom stereocenters. The molecule has 8 nitrogen and oxygen atoms in total. The number of amides is 2. The lowest BCUT2D eigenvalue weighted by Crippen LogP contribution is -2.42. The van der Waals surface area contributed by atoms with Crippen LogP contribution in [0, 0.1) is 23.3 Å². The molecule has 5 rings (SSSR count). The summed E-state index contributed by atoms with van der Waals surface area (Å²) in [5, 5.41) is 22.7. The molecule has 1 spiro atoms. The molecule has 0 aromatic heterocycles. The van der Waals surface area contributed by atoms with Gasteiger partial charge in [-0.25, -0.2) is 31.9 Å². The fraction of sp³-hybridized carbons (Fsp3) is 0.160. The molecule has 3 aromatic rings. The van der Waals surface area contributed by atoms with Crippen LogP contribution in [0.4, 0.5) is 38.5 Å². The van der Waals surface area contributed by atoms with Crippen molar-refractivity contribution in [3.05, 3.63) is 93.0 Å². The predicted octanol–water partition coefficient (Wildman–Crippen LogP) is 5.52. The number of benzene rings is 3. The van der Waals surface area contributed by atoms with Gasteiger partial charge in [0.1, 0.15) is 5.56 Å². The summed E-state index contributed by atoms with van der Waals surface area (Å²) in [6.45, 7) is 3.37. The standard InChI is InChI=1S/C25H16F4N2O6/c1-24(2)13-7-9(30-22(33)34)3-5-11(13)25(12-6-4-10(8-14(12)24)31-23(35)36)16-15(21(32)37-25)17(26)19(28)20(29)18(16)27/h3-8,30-31H,1-2H3,(H,33,34)(H,35,36). The number of fused-ring (bicyclic) bond motifs is 6. The highest BCUT2D eigenvalue weighted by Gasteiger charge is 2.59. The van der Waals surface area contributed by atoms with Gasteiger partial charge in [0, 0.05) is 27.9 Å². The molecule has 2 amide bonds. The summed E-state index contributed by atoms with van der Waals surface area (Å²) >= 11 is 0. The zero-order valence-electron chi connectivity index (χ0n) is 19.0. The smallest absolute Gasteiger partial charge is 0.409 e. The molecular weight excluding hydrogens is 500 g/mol. The van der Waals surface area contributed by atoms with Crippen molar-refractivity contribution in [2.75, 3.05) is 10.6 Å². The van der Waals surface area contributed by atoms with Gasteiger partial charge >= 0.3 is 18.2 Å². The van der Waals surface area contributed by atoms with Crippen molar-refractivity contribution in [2.45, 2.75) is 24.9 Å². The molecule has 0 fully saturated rings. The molecule has 2 aliphatic rings. The second-order valence-electron chi connectivity index (χ2n) is 9.08. The quantitative estimate of drug-likeness (QED) is 0.154. The van der Waals surface area contributed by atoms with Crippen molar-refractivity contribution >= 4 is 29.5 Å². The Balaban J connectivity index is 1.93. The molecule has 0 atom stereocenters. The molecule has 190 valence electrons. The number of nitrogens with one attached hydrogen (secondary N) is 2. The summed E-state index contributed by atoms with van der Waals surface area (Å²) in [4.78, 5) is 35.4. The Morgan fingerprint density at radius 2 is 1.22 bits per heavy atom. The number of carboxylic acid groups (broad SMARTS) is 2. The molecule has 4 N–H and O–H groups in total. The van der Waals surface area contributed by atoms with E-state index in [2.05, 4.69) is 10.6 Å². The average molecular weight is 516 g/mol. The monoisotopic (exact) mass is 516 g/mol. The zero-order valence-corrected chi connectivity index (χ0v) is 19.0. The number of halogens is 4. The molecule has 0 bridgehead atoms. The van der Waals surface area contributed by atoms with E-state index in [9.17, 15) is 27.6 Å². The van der Waals surface area contributed by atoms with Crippen LogP contribution in [-0.2, 0) is 15.8 Å². The largest absolute Gasteiger partial charge is 0.465 e. The van der Waals surface area contributed by atoms with Gasteiger partial charge in [-0.05, 0) is 35.4 Å². The average Bonchev–Trinajstić information content (AvgIpc) is 3.13. The molecule has 1 heterocycles. The van der Waals surface area contributed by atoms with Crippen LogP contribution in [-0.4, -0.2) is 28.4 Å². The number of carbonyl (C=O) groups excluding carboxylic acids is 1. The summed E-state index contributed by atoms with van der Waals surface area (Å²) in [7, 11) is 0. The first-order valence-corrected chi connectivity index (χ1v) is 10.7. The number of carbonyl (C=O) groups is 3. The molecule has 0 radical (unpaired) electrons. The SMILES string of the molecule is CC1(C)c2cc(NC(=O)O)ccc2C2(OC(=O)c3c(F)c(F)c(F)c(F)c32)c2ccc(NC(=O)O)cc21. The van der Waals surface area contributed by atoms with E-state index >= 15 is 4.39 Å². The topological polar surface area (TPSA) is 125 Å². The fourth-order valence-corrected chi connectivity index (χ4v) is 5.20. The van der Waals surface area contributed by atoms with E-state index in [4.69, 9.17) is 14.9 Å². The highest BCUT2D eigenvalue weighted by Crippen LogP contribution is 2.58. The number of hydrogen-bond acceptors (Lipinski definition) is 4. The Hall–Kier alpha value is -4.61. The van der Waals surface area contributed by atoms with Gasteiger partial charge in [-0.15, -0.1) is 0 Å². The maximum absolute atomic E-state index is 15.4. The third-order valence-corrected chi connectivity index (χ3v) is 6.72. The molecule has 1 aliphatic carbocycles. The van der Waals surface area contributed by atoms with Gasteiger partial charge in [0.05, 0.1) is 5.56 Å². The van der Waals surface area contributed by atoms with Gasteiger partial charge in [0.2, 0.25) is 0 Å². The van der Waals surface area contributed by atoms with Crippen LogP contribution in [0.2, 0.25) is 0 Å². The molecular formula is C25H16F4N2O6. The summed E-state index contributed by atoms with van der Waals surface area (Å²) in [5.74, 6) is -9.52. The summed E-state index contributed by atoms with van der Waals surface area (Å²) in [5.41, 5.74) is -4.56. The maximum Gasteiger partial charge on any atom is 0.409 e. The Morgan fingerprint density at radius 1 is 0.757 bits per heavy atom. The van der Waals surface area contributed by atoms with Crippen LogP contribution in [0.1, 0.15) is 52.0 Å². The third kappa shape index (κ3) is 3.18. The van der Waals surface area contributed by atoms with Gasteiger partial charge in [0.15, 0.2) is 28.9 Å². The lowest BCUT2D eigenvalue weighted by molar-refractivity contribution is 0.0222. The third-order valence-electron chi connectivity index (χ3n) is 6.72. The van der Waals surface area contributed by atoms with Crippen LogP contribution in [0.15, 0.2) is 36.4 Å². The van der Waals surface area contributed by atoms with E-state index in [1.807, 2.05) is 0 Å². The number of anilines is 2. The van der Waals surface area contributed by atoms with Crippen molar-refractivity contribution in [3.8, 4) is 0 Å². The minimum Gasteiger partial charge on any atom is -0.465 e. The van der Waals surface area contributed by atoms with E-state index in [0.29, 0.717) is 0 Å². The second kappa shape index (κ2) is 7.69. The molecule has 37 heavy (non-hydrogen) atoms. The first kappa shape index (κ1) is 24.1. The summed E-state index contributed by atoms with van der Waals surface area (Å²) in [6.07, 6.45) is -2.78. The number of ether oxygens (including phenoxy) is 1. The van der Waals surface area contributed by atoms with E-state index in [-0.39, 0.29) is 33.6 Å². The van der Waals surface area contributed by atoms with E-state index in [1.54, 1.807) is 13.8 Å². The van der Waals surface area contributed by atoms with Crippen LogP contribution < -0.4 is 10.6 Å². The van der Waals surface area contributed by atoms with Crippen molar-refractivity contribution < 1.29 is 46.9 Å². The van der Waals surface area contributed by atoms with Crippen molar-refractivity contribution in [3.63, 3.8) is 0 Å². The van der Waals surface area contributed by atoms with Crippen LogP contribution in [0.5, 0.6) is 0 Å². The Labute approximate surface area is 205 Å². The molecule has 1 aliphatic heterocycles. The predicted molar refractivity (Wildman–Crippen MR) is 120 cm³/mol. The second-order valence-corrected chi connectivity index (χ2v) is 9.08. The number of esters is 1. The summed E-state index contributed by atoms with van der Waals surface area (Å²) in [6, 6.07) is 7.97. The lowest BCUT2D eigenvalue weighted by Gasteiger charge is -2.44. The first-order valence-electron chi connectivity index (χ1n) is 10.7. The van der Waals surface area contributed by atoms with E-state index in [0.717, 1.165) is 0 Å². The summed E-state index contributed by atoms with van der Waals surface area (Å²) < 4.78 is 64.5. The Bertz CT molecular complexity index is 1500. The Morgan fingerprint density at radius 3 is 1.68 bits per heavy atom. The van der Waals surface area contributed by atoms with Crippen molar-refractivity contribution in [1.29, 1.82) is 0 Å². The van der Waals surface area contributed by atoms with E-state index < -0.39 is 63.6 Å². The van der Waals surface area contributed by atoms with Gasteiger partial charge in [-0.1, -0.05) is 26.0 Å². The van der Waals surface area contributed by atoms with Crippen LogP contribution in [0.25, 0.3) is 0 Å². The molecule has 3 aromatic carbocycles. The van der Waals surface area contributed by atoms with Crippen LogP contribution in [0.3, 0.4) is 0 Å². The number of hydrogen-bond donors (Lipinski definition) is 4. The molecule has 0 saturated carbocycles. The minimum absolute atomic E-state index is 0.0521. The van der Waals surface area contributed by atoms with Gasteiger partial charge in [-0.2, -0.15) is 0 Å². The van der Waals surface area contributed by atoms with Crippen molar-refractivity contribution in [1.82, 2.24) is 0 Å². The van der Waals surface area contributed by atoms with Gasteiger partial charge in [-0.3, -0.25) is 10.6 Å². The van der Waals surface area contributed by atoms with E-state index in [1.165, 1.54) is 36.4 Å². The number of rotatable bonds is 2. The first-order chi connectivity index (χ1) is 17.3. The Kier molecular flexibility index (Phi) is 5.01. The highest BCUT2D eigenvalue weighted by atomic mass is 19.2. The highest BCUT2D eigenvalue weighted by molar-refractivity contribution is 5.98. The van der Waals surface area contributed by atoms with Gasteiger partial charge in [0.25, 0.3) is 0 Å². The van der Waals surface area contributed by atoms with Crippen LogP contribution >= 0.6 is 0 Å². The van der Waals surface area contributed by atoms with Crippen molar-refractivity contribution in [2.24, 2.45) is 0 Å². The molecule has 0 saturated heterocycles. The normalized spacial score (nSPS) is 15.9.